The number of hydrogen-bond donors (Lipinski definition) is 0. The first-order chi connectivity index (χ1) is 6.79. The second-order valence-corrected chi connectivity index (χ2v) is 2.28. The van der Waals surface area contributed by atoms with E-state index in [9.17, 15) is 0 Å². The molecule has 0 unspecified atom stereocenters. The van der Waals surface area contributed by atoms with Crippen molar-refractivity contribution >= 4 is 15.9 Å². The van der Waals surface area contributed by atoms with Crippen LogP contribution in [0, 0.1) is 18.2 Å². The molecule has 2 nitrogen and oxygen atoms in total. The molecule has 1 aromatic rings. The van der Waals surface area contributed by atoms with Gasteiger partial charge in [-0.15, -0.1) is 0 Å². The Hall–Kier alpha value is -0.880. The maximum absolute atomic E-state index is 8.63. The minimum Gasteiger partial charge on any atom is -0.242 e. The second-order valence-electron chi connectivity index (χ2n) is 1.48. The summed E-state index contributed by atoms with van der Waals surface area (Å²) in [6.45, 7) is -2.56. The van der Waals surface area contributed by atoms with Crippen molar-refractivity contribution in [3.8, 4) is 6.07 Å². The molecular formula is C7H5BrN2. The van der Waals surface area contributed by atoms with Crippen molar-refractivity contribution in [2.75, 3.05) is 0 Å². The van der Waals surface area contributed by atoms with Crippen molar-refractivity contribution < 1.29 is 6.85 Å². The van der Waals surface area contributed by atoms with Gasteiger partial charge < -0.3 is 0 Å². The Balaban J connectivity index is 3.58. The van der Waals surface area contributed by atoms with E-state index in [0.717, 1.165) is 0 Å². The van der Waals surface area contributed by atoms with Crippen LogP contribution in [0.1, 0.15) is 18.2 Å². The molecule has 0 fully saturated rings. The lowest BCUT2D eigenvalue weighted by Gasteiger charge is -1.92. The molecule has 1 heterocycles. The van der Waals surface area contributed by atoms with E-state index in [2.05, 4.69) is 20.9 Å². The summed E-state index contributed by atoms with van der Waals surface area (Å²) >= 11 is 2.90. The minimum atomic E-state index is -2.56. The van der Waals surface area contributed by atoms with Crippen LogP contribution in [-0.4, -0.2) is 4.98 Å². The molecule has 3 heteroatoms. The van der Waals surface area contributed by atoms with E-state index in [1.165, 1.54) is 0 Å². The molecule has 0 bridgehead atoms. The molecule has 0 aromatic carbocycles. The molecule has 0 spiro atoms. The summed E-state index contributed by atoms with van der Waals surface area (Å²) in [6.07, 6.45) is 0. The normalized spacial score (nSPS) is 17.4. The van der Waals surface area contributed by atoms with E-state index in [4.69, 9.17) is 12.1 Å². The van der Waals surface area contributed by atoms with Gasteiger partial charge >= 0.3 is 0 Å². The fraction of sp³-hybridized carbons (Fsp3) is 0.143. The molecule has 0 aliphatic heterocycles. The lowest BCUT2D eigenvalue weighted by atomic mass is 10.3. The van der Waals surface area contributed by atoms with Crippen LogP contribution in [0.15, 0.2) is 16.6 Å². The molecule has 1 aromatic heterocycles. The van der Waals surface area contributed by atoms with Gasteiger partial charge in [0.15, 0.2) is 0 Å². The molecule has 0 amide bonds. The molecule has 0 saturated heterocycles. The fourth-order valence-corrected chi connectivity index (χ4v) is 0.835. The van der Waals surface area contributed by atoms with Gasteiger partial charge in [-0.3, -0.25) is 0 Å². The highest BCUT2D eigenvalue weighted by Crippen LogP contribution is 2.10. The highest BCUT2D eigenvalue weighted by Gasteiger charge is 1.94. The second kappa shape index (κ2) is 2.80. The van der Waals surface area contributed by atoms with Crippen LogP contribution in [0.5, 0.6) is 0 Å². The predicted octanol–water partition coefficient (Wildman–Crippen LogP) is 2.02. The summed E-state index contributed by atoms with van der Waals surface area (Å²) in [5.41, 5.74) is -0.772. The van der Waals surface area contributed by atoms with Crippen LogP contribution in [0.25, 0.3) is 0 Å². The van der Waals surface area contributed by atoms with Crippen LogP contribution in [0.4, 0.5) is 0 Å². The number of halogens is 1. The molecule has 0 saturated carbocycles. The predicted molar refractivity (Wildman–Crippen MR) is 41.4 cm³/mol. The van der Waals surface area contributed by atoms with Gasteiger partial charge in [0.05, 0.1) is 2.74 Å². The van der Waals surface area contributed by atoms with E-state index in [1.807, 2.05) is 0 Å². The monoisotopic (exact) mass is 201 g/mol. The summed E-state index contributed by atoms with van der Waals surface area (Å²) in [6, 6.07) is 0.970. The minimum absolute atomic E-state index is 0.0276. The standard InChI is InChI=1S/C7H5BrN2/c1-5-2-6(8)3-7(4-9)10-5/h2-3H,1H3/i1D3,2D,3D. The number of aryl methyl sites for hydroxylation is 1. The number of aromatic nitrogens is 1. The number of nitriles is 1. The van der Waals surface area contributed by atoms with Gasteiger partial charge in [-0.1, -0.05) is 15.9 Å². The van der Waals surface area contributed by atoms with Gasteiger partial charge in [-0.05, 0) is 18.9 Å². The molecule has 50 valence electrons. The molecule has 1 rings (SSSR count). The average molecular weight is 202 g/mol. The van der Waals surface area contributed by atoms with Crippen molar-refractivity contribution in [1.29, 1.82) is 5.26 Å². The highest BCUT2D eigenvalue weighted by molar-refractivity contribution is 9.10. The summed E-state index contributed by atoms with van der Waals surface area (Å²) in [7, 11) is 0. The quantitative estimate of drug-likeness (QED) is 0.645. The lowest BCUT2D eigenvalue weighted by Crippen LogP contribution is -1.85. The van der Waals surface area contributed by atoms with Crippen molar-refractivity contribution in [2.24, 2.45) is 0 Å². The molecule has 10 heavy (non-hydrogen) atoms. The van der Waals surface area contributed by atoms with Crippen molar-refractivity contribution in [1.82, 2.24) is 4.98 Å². The van der Waals surface area contributed by atoms with Crippen LogP contribution in [0.3, 0.4) is 0 Å². The third kappa shape index (κ3) is 1.55. The zero-order valence-corrected chi connectivity index (χ0v) is 6.36. The van der Waals surface area contributed by atoms with Gasteiger partial charge in [0.1, 0.15) is 11.8 Å². The number of nitrogens with zero attached hydrogens (tertiary/aromatic N) is 2. The maximum atomic E-state index is 8.63. The van der Waals surface area contributed by atoms with E-state index in [-0.39, 0.29) is 22.3 Å². The third-order valence-electron chi connectivity index (χ3n) is 0.786. The van der Waals surface area contributed by atoms with E-state index in [0.29, 0.717) is 0 Å². The van der Waals surface area contributed by atoms with Crippen molar-refractivity contribution in [3.05, 3.63) is 27.9 Å². The van der Waals surface area contributed by atoms with Gasteiger partial charge in [-0.25, -0.2) is 4.98 Å². The molecule has 0 aliphatic carbocycles. The first-order valence-corrected chi connectivity index (χ1v) is 3.15. The Labute approximate surface area is 74.7 Å². The third-order valence-corrected chi connectivity index (χ3v) is 1.18. The van der Waals surface area contributed by atoms with E-state index in [1.54, 1.807) is 6.07 Å². The molecule has 0 aliphatic rings. The Bertz CT molecular complexity index is 448. The van der Waals surface area contributed by atoms with Crippen LogP contribution in [-0.2, 0) is 0 Å². The van der Waals surface area contributed by atoms with Crippen LogP contribution >= 0.6 is 15.9 Å². The zero-order valence-electron chi connectivity index (χ0n) is 9.77. The van der Waals surface area contributed by atoms with Gasteiger partial charge in [0, 0.05) is 14.3 Å². The Morgan fingerprint density at radius 2 is 2.70 bits per heavy atom. The summed E-state index contributed by atoms with van der Waals surface area (Å²) < 4.78 is 36.2. The molecule has 0 radical (unpaired) electrons. The lowest BCUT2D eigenvalue weighted by molar-refractivity contribution is 1.16. The molecular weight excluding hydrogens is 192 g/mol. The molecule has 0 atom stereocenters. The largest absolute Gasteiger partial charge is 0.242 e. The fourth-order valence-electron chi connectivity index (χ4n) is 0.460. The zero-order chi connectivity index (χ0) is 11.8. The summed E-state index contributed by atoms with van der Waals surface area (Å²) in [4.78, 5) is 3.49. The first-order valence-electron chi connectivity index (χ1n) is 4.86. The van der Waals surface area contributed by atoms with E-state index >= 15 is 0 Å². The van der Waals surface area contributed by atoms with Crippen LogP contribution in [0.2, 0.25) is 0 Å². The number of rotatable bonds is 0. The SMILES string of the molecule is [2H]c1c(C#N)nc(C([2H])([2H])[2H])c([2H])c1Br. The Morgan fingerprint density at radius 1 is 1.90 bits per heavy atom. The van der Waals surface area contributed by atoms with Gasteiger partial charge in [-0.2, -0.15) is 5.26 Å². The highest BCUT2D eigenvalue weighted by atomic mass is 79.9. The van der Waals surface area contributed by atoms with Gasteiger partial charge in [0.25, 0.3) is 0 Å². The maximum Gasteiger partial charge on any atom is 0.141 e. The van der Waals surface area contributed by atoms with Gasteiger partial charge in [0.2, 0.25) is 0 Å². The first kappa shape index (κ1) is 3.02. The Morgan fingerprint density at radius 3 is 3.30 bits per heavy atom. The Kier molecular flexibility index (Phi) is 0.845. The van der Waals surface area contributed by atoms with E-state index < -0.39 is 12.5 Å². The number of hydrogen-bond acceptors (Lipinski definition) is 2. The smallest absolute Gasteiger partial charge is 0.141 e. The van der Waals surface area contributed by atoms with Crippen molar-refractivity contribution in [3.63, 3.8) is 0 Å². The number of pyridine rings is 1. The topological polar surface area (TPSA) is 36.7 Å². The summed E-state index contributed by atoms with van der Waals surface area (Å²) in [5, 5.41) is 8.63. The molecule has 0 N–H and O–H groups in total. The van der Waals surface area contributed by atoms with Crippen molar-refractivity contribution in [2.45, 2.75) is 6.85 Å². The summed E-state index contributed by atoms with van der Waals surface area (Å²) in [5.74, 6) is 0. The van der Waals surface area contributed by atoms with Crippen LogP contribution < -0.4 is 0 Å². The average Bonchev–Trinajstić information content (AvgIpc) is 2.13.